The normalized spacial score (nSPS) is 11.3. The van der Waals surface area contributed by atoms with Crippen molar-refractivity contribution in [3.8, 4) is 11.1 Å². The van der Waals surface area contributed by atoms with Gasteiger partial charge in [0.1, 0.15) is 12.6 Å². The predicted molar refractivity (Wildman–Crippen MR) is 139 cm³/mol. The van der Waals surface area contributed by atoms with Crippen molar-refractivity contribution in [3.63, 3.8) is 0 Å². The molecule has 0 heterocycles. The molecule has 0 aliphatic carbocycles. The number of aliphatic carboxylic acids is 1. The Morgan fingerprint density at radius 2 is 1.65 bits per heavy atom. The van der Waals surface area contributed by atoms with Crippen LogP contribution in [0.5, 0.6) is 0 Å². The quantitative estimate of drug-likeness (QED) is 0.390. The third-order valence-electron chi connectivity index (χ3n) is 5.71. The van der Waals surface area contributed by atoms with Crippen LogP contribution in [0, 0.1) is 0 Å². The molecule has 0 spiro atoms. The number of carbonyl (C=O) groups is 4. The highest BCUT2D eigenvalue weighted by Gasteiger charge is 2.23. The van der Waals surface area contributed by atoms with E-state index in [0.717, 1.165) is 22.3 Å². The number of ether oxygens (including phenoxy) is 1. The summed E-state index contributed by atoms with van der Waals surface area (Å²) in [6.07, 6.45) is 0.214. The molecule has 37 heavy (non-hydrogen) atoms. The maximum atomic E-state index is 12.7. The lowest BCUT2D eigenvalue weighted by Crippen LogP contribution is -2.43. The molecule has 3 aromatic carbocycles. The molecule has 0 fully saturated rings. The molecule has 9 heteroatoms. The second kappa shape index (κ2) is 12.7. The summed E-state index contributed by atoms with van der Waals surface area (Å²) in [5.74, 6) is -2.44. The van der Waals surface area contributed by atoms with E-state index >= 15 is 0 Å². The molecule has 0 unspecified atom stereocenters. The molecule has 2 amide bonds. The number of hydrogen-bond acceptors (Lipinski definition) is 5. The third kappa shape index (κ3) is 7.65. The number of rotatable bonds is 10. The molecule has 2 N–H and O–H groups in total. The van der Waals surface area contributed by atoms with Gasteiger partial charge in [-0.05, 0) is 40.5 Å². The second-order valence-electron chi connectivity index (χ2n) is 8.40. The van der Waals surface area contributed by atoms with Gasteiger partial charge in [-0.2, -0.15) is 0 Å². The van der Waals surface area contributed by atoms with Gasteiger partial charge in [0.2, 0.25) is 5.91 Å². The van der Waals surface area contributed by atoms with Crippen LogP contribution >= 0.6 is 11.6 Å². The number of nitrogens with zero attached hydrogens (tertiary/aromatic N) is 1. The van der Waals surface area contributed by atoms with Gasteiger partial charge in [0.25, 0.3) is 5.91 Å². The number of carbonyl (C=O) groups excluding carboxylic acids is 3. The number of carboxylic acid groups (broad SMARTS) is 1. The fraction of sp³-hybridized carbons (Fsp3) is 0.214. The van der Waals surface area contributed by atoms with Gasteiger partial charge in [0.15, 0.2) is 0 Å². The Kier molecular flexibility index (Phi) is 9.40. The number of benzene rings is 3. The molecular formula is C28H27ClN2O6. The van der Waals surface area contributed by atoms with Gasteiger partial charge in [-0.15, -0.1) is 0 Å². The molecule has 0 saturated heterocycles. The Morgan fingerprint density at radius 3 is 2.27 bits per heavy atom. The highest BCUT2D eigenvalue weighted by molar-refractivity contribution is 6.33. The Hall–Kier alpha value is -4.17. The van der Waals surface area contributed by atoms with Crippen LogP contribution in [0.2, 0.25) is 5.02 Å². The highest BCUT2D eigenvalue weighted by atomic mass is 35.5. The van der Waals surface area contributed by atoms with E-state index in [9.17, 15) is 19.2 Å². The molecule has 1 atom stereocenters. The maximum absolute atomic E-state index is 12.7. The number of esters is 1. The lowest BCUT2D eigenvalue weighted by Gasteiger charge is -2.19. The summed E-state index contributed by atoms with van der Waals surface area (Å²) in [7, 11) is 1.26. The molecule has 192 valence electrons. The summed E-state index contributed by atoms with van der Waals surface area (Å²) in [6.45, 7) is 1.14. The summed E-state index contributed by atoms with van der Waals surface area (Å²) in [5, 5.41) is 12.0. The molecule has 8 nitrogen and oxygen atoms in total. The van der Waals surface area contributed by atoms with Gasteiger partial charge in [0.05, 0.1) is 17.7 Å². The van der Waals surface area contributed by atoms with Gasteiger partial charge < -0.3 is 20.1 Å². The van der Waals surface area contributed by atoms with E-state index in [1.54, 1.807) is 24.3 Å². The van der Waals surface area contributed by atoms with Gasteiger partial charge in [0, 0.05) is 19.9 Å². The van der Waals surface area contributed by atoms with Crippen molar-refractivity contribution < 1.29 is 29.0 Å². The number of halogens is 1. The van der Waals surface area contributed by atoms with E-state index < -0.39 is 23.9 Å². The minimum atomic E-state index is -1.07. The average molecular weight is 523 g/mol. The van der Waals surface area contributed by atoms with Crippen LogP contribution < -0.4 is 5.32 Å². The minimum Gasteiger partial charge on any atom is -0.480 e. The molecule has 0 aromatic heterocycles. The van der Waals surface area contributed by atoms with Crippen molar-refractivity contribution >= 4 is 35.4 Å². The van der Waals surface area contributed by atoms with Gasteiger partial charge in [-0.1, -0.05) is 66.2 Å². The maximum Gasteiger partial charge on any atom is 0.328 e. The fourth-order valence-electron chi connectivity index (χ4n) is 3.80. The first-order valence-corrected chi connectivity index (χ1v) is 11.8. The Bertz CT molecular complexity index is 1290. The van der Waals surface area contributed by atoms with Crippen molar-refractivity contribution in [2.45, 2.75) is 25.9 Å². The zero-order valence-electron chi connectivity index (χ0n) is 20.4. The zero-order chi connectivity index (χ0) is 26.9. The van der Waals surface area contributed by atoms with Crippen molar-refractivity contribution in [2.24, 2.45) is 0 Å². The van der Waals surface area contributed by atoms with Crippen LogP contribution in [0.15, 0.2) is 72.8 Å². The monoisotopic (exact) mass is 522 g/mol. The Balaban J connectivity index is 1.74. The first-order valence-electron chi connectivity index (χ1n) is 11.5. The van der Waals surface area contributed by atoms with Crippen molar-refractivity contribution in [2.75, 3.05) is 13.7 Å². The number of methoxy groups -OCH3 is 1. The Labute approximate surface area is 219 Å². The standard InChI is InChI=1S/C28H27ClN2O6/c1-18(32)31(17-26(33)34)16-20-6-5-7-22(14-20)21-12-10-19(11-13-21)15-25(28(36)37-2)30-27(35)23-8-3-4-9-24(23)29/h3-14,25H,15-17H2,1-2H3,(H,30,35)(H,33,34)/t25-/m0/s1. The topological polar surface area (TPSA) is 113 Å². The molecule has 3 rings (SSSR count). The highest BCUT2D eigenvalue weighted by Crippen LogP contribution is 2.23. The molecular weight excluding hydrogens is 496 g/mol. The van der Waals surface area contributed by atoms with Crippen molar-refractivity contribution in [3.05, 3.63) is 94.5 Å². The summed E-state index contributed by atoms with van der Waals surface area (Å²) in [4.78, 5) is 49.1. The molecule has 0 radical (unpaired) electrons. The SMILES string of the molecule is COC(=O)[C@H](Cc1ccc(-c2cccc(CN(CC(=O)O)C(C)=O)c2)cc1)NC(=O)c1ccccc1Cl. The molecule has 0 aliphatic heterocycles. The van der Waals surface area contributed by atoms with Crippen molar-refractivity contribution in [1.29, 1.82) is 0 Å². The van der Waals surface area contributed by atoms with E-state index in [0.29, 0.717) is 0 Å². The molecule has 0 aliphatic rings. The van der Waals surface area contributed by atoms with Gasteiger partial charge >= 0.3 is 11.9 Å². The van der Waals surface area contributed by atoms with E-state index in [4.69, 9.17) is 21.4 Å². The van der Waals surface area contributed by atoms with Crippen LogP contribution in [-0.4, -0.2) is 53.5 Å². The van der Waals surface area contributed by atoms with Crippen LogP contribution in [0.25, 0.3) is 11.1 Å². The van der Waals surface area contributed by atoms with E-state index in [2.05, 4.69) is 5.32 Å². The molecule has 3 aromatic rings. The predicted octanol–water partition coefficient (Wildman–Crippen LogP) is 3.95. The summed E-state index contributed by atoms with van der Waals surface area (Å²) in [5.41, 5.74) is 3.65. The molecule has 0 saturated carbocycles. The van der Waals surface area contributed by atoms with E-state index in [1.807, 2.05) is 48.5 Å². The number of carboxylic acids is 1. The van der Waals surface area contributed by atoms with Crippen LogP contribution in [0.3, 0.4) is 0 Å². The second-order valence-corrected chi connectivity index (χ2v) is 8.81. The van der Waals surface area contributed by atoms with Gasteiger partial charge in [-0.3, -0.25) is 14.4 Å². The lowest BCUT2D eigenvalue weighted by atomic mass is 9.99. The summed E-state index contributed by atoms with van der Waals surface area (Å²) >= 11 is 6.11. The first-order chi connectivity index (χ1) is 17.7. The third-order valence-corrected chi connectivity index (χ3v) is 6.04. The smallest absolute Gasteiger partial charge is 0.328 e. The average Bonchev–Trinajstić information content (AvgIpc) is 2.88. The summed E-state index contributed by atoms with van der Waals surface area (Å²) in [6, 6.07) is 20.6. The minimum absolute atomic E-state index is 0.180. The van der Waals surface area contributed by atoms with Crippen LogP contribution in [-0.2, 0) is 32.1 Å². The van der Waals surface area contributed by atoms with Crippen molar-refractivity contribution in [1.82, 2.24) is 10.2 Å². The lowest BCUT2D eigenvalue weighted by molar-refractivity contribution is -0.144. The summed E-state index contributed by atoms with van der Waals surface area (Å²) < 4.78 is 4.88. The number of amides is 2. The number of nitrogens with one attached hydrogen (secondary N) is 1. The zero-order valence-corrected chi connectivity index (χ0v) is 21.2. The fourth-order valence-corrected chi connectivity index (χ4v) is 4.02. The Morgan fingerprint density at radius 1 is 0.946 bits per heavy atom. The van der Waals surface area contributed by atoms with Crippen LogP contribution in [0.1, 0.15) is 28.4 Å². The number of hydrogen-bond donors (Lipinski definition) is 2. The molecule has 0 bridgehead atoms. The van der Waals surface area contributed by atoms with E-state index in [-0.39, 0.29) is 36.0 Å². The first kappa shape index (κ1) is 27.4. The van der Waals surface area contributed by atoms with Gasteiger partial charge in [-0.25, -0.2) is 4.79 Å². The van der Waals surface area contributed by atoms with Crippen LogP contribution in [0.4, 0.5) is 0 Å². The largest absolute Gasteiger partial charge is 0.480 e. The van der Waals surface area contributed by atoms with E-state index in [1.165, 1.54) is 18.9 Å².